The number of carbonyl (C=O) groups excluding carboxylic acids is 1. The molecule has 0 saturated carbocycles. The van der Waals surface area contributed by atoms with Gasteiger partial charge in [-0.25, -0.2) is 4.79 Å². The number of rotatable bonds is 2. The van der Waals surface area contributed by atoms with Crippen molar-refractivity contribution in [1.29, 1.82) is 0 Å². The molecule has 0 aromatic carbocycles. The fraction of sp³-hybridized carbons (Fsp3) is 0.600. The van der Waals surface area contributed by atoms with E-state index in [9.17, 15) is 4.79 Å². The van der Waals surface area contributed by atoms with E-state index in [4.69, 9.17) is 0 Å². The predicted octanol–water partition coefficient (Wildman–Crippen LogP) is 0.868. The second-order valence-electron chi connectivity index (χ2n) is 1.59. The Hall–Kier alpha value is -1.06. The third-order valence-electron chi connectivity index (χ3n) is 0.803. The van der Waals surface area contributed by atoms with Crippen molar-refractivity contribution in [2.75, 3.05) is 0 Å². The Labute approximate surface area is 53.7 Å². The highest BCUT2D eigenvalue weighted by molar-refractivity contribution is 5.81. The Morgan fingerprint density at radius 2 is 2.33 bits per heavy atom. The maximum Gasteiger partial charge on any atom is 0.430 e. The Kier molecular flexibility index (Phi) is 3.43. The van der Waals surface area contributed by atoms with Crippen LogP contribution in [0.3, 0.4) is 0 Å². The van der Waals surface area contributed by atoms with Crippen LogP contribution in [0.4, 0.5) is 4.79 Å². The molecule has 0 aromatic heterocycles. The first-order valence-electron chi connectivity index (χ1n) is 2.66. The van der Waals surface area contributed by atoms with Crippen LogP contribution >= 0.6 is 0 Å². The zero-order valence-corrected chi connectivity index (χ0v) is 5.55. The number of hydrogen-bond acceptors (Lipinski definition) is 3. The lowest BCUT2D eigenvalue weighted by molar-refractivity contribution is 0.161. The molecule has 9 heavy (non-hydrogen) atoms. The summed E-state index contributed by atoms with van der Waals surface area (Å²) in [5, 5.41) is 3.38. The van der Waals surface area contributed by atoms with Gasteiger partial charge in [0.1, 0.15) is 0 Å². The van der Waals surface area contributed by atoms with Crippen LogP contribution in [0.25, 0.3) is 0 Å². The third kappa shape index (κ3) is 4.80. The van der Waals surface area contributed by atoms with Crippen LogP contribution in [0.5, 0.6) is 0 Å². The minimum atomic E-state index is -0.872. The van der Waals surface area contributed by atoms with E-state index >= 15 is 0 Å². The second kappa shape index (κ2) is 3.88. The maximum absolute atomic E-state index is 9.91. The zero-order chi connectivity index (χ0) is 7.28. The summed E-state index contributed by atoms with van der Waals surface area (Å²) in [5.41, 5.74) is 5.37. The molecule has 0 fully saturated rings. The van der Waals surface area contributed by atoms with Crippen LogP contribution in [0.2, 0.25) is 0 Å². The fourth-order valence-electron chi connectivity index (χ4n) is 0.187. The molecule has 0 aliphatic carbocycles. The molecule has 0 unspecified atom stereocenters. The SMILES string of the molecule is CC/C(C)=N/OC(N)=O. The molecule has 0 aliphatic heterocycles. The normalized spacial score (nSPS) is 11.1. The van der Waals surface area contributed by atoms with Crippen molar-refractivity contribution in [3.05, 3.63) is 0 Å². The molecule has 0 rings (SSSR count). The van der Waals surface area contributed by atoms with Gasteiger partial charge in [-0.1, -0.05) is 12.1 Å². The lowest BCUT2D eigenvalue weighted by Crippen LogP contribution is -2.10. The van der Waals surface area contributed by atoms with Crippen LogP contribution in [-0.2, 0) is 4.84 Å². The Bertz CT molecular complexity index is 131. The second-order valence-corrected chi connectivity index (χ2v) is 1.59. The molecule has 2 N–H and O–H groups in total. The van der Waals surface area contributed by atoms with Gasteiger partial charge in [0.2, 0.25) is 0 Å². The average molecular weight is 130 g/mol. The third-order valence-corrected chi connectivity index (χ3v) is 0.803. The summed E-state index contributed by atoms with van der Waals surface area (Å²) in [6.07, 6.45) is -0.115. The largest absolute Gasteiger partial charge is 0.430 e. The summed E-state index contributed by atoms with van der Waals surface area (Å²) in [5.74, 6) is 0. The number of hydrogen-bond donors (Lipinski definition) is 1. The van der Waals surface area contributed by atoms with Crippen LogP contribution in [0.15, 0.2) is 5.16 Å². The van der Waals surface area contributed by atoms with Gasteiger partial charge >= 0.3 is 6.09 Å². The van der Waals surface area contributed by atoms with E-state index in [1.165, 1.54) is 0 Å². The summed E-state index contributed by atoms with van der Waals surface area (Å²) in [4.78, 5) is 14.0. The summed E-state index contributed by atoms with van der Waals surface area (Å²) in [6.45, 7) is 3.66. The lowest BCUT2D eigenvalue weighted by atomic mass is 10.3. The lowest BCUT2D eigenvalue weighted by Gasteiger charge is -1.91. The van der Waals surface area contributed by atoms with Crippen molar-refractivity contribution >= 4 is 11.8 Å². The number of nitrogens with zero attached hydrogens (tertiary/aromatic N) is 1. The van der Waals surface area contributed by atoms with Gasteiger partial charge in [0.25, 0.3) is 0 Å². The molecule has 0 aliphatic rings. The molecule has 0 spiro atoms. The van der Waals surface area contributed by atoms with E-state index in [1.54, 1.807) is 6.92 Å². The van der Waals surface area contributed by atoms with Crippen LogP contribution < -0.4 is 5.73 Å². The highest BCUT2D eigenvalue weighted by atomic mass is 16.7. The van der Waals surface area contributed by atoms with Crippen LogP contribution in [0, 0.1) is 0 Å². The van der Waals surface area contributed by atoms with Crippen molar-refractivity contribution in [2.24, 2.45) is 10.9 Å². The maximum atomic E-state index is 9.91. The van der Waals surface area contributed by atoms with Gasteiger partial charge in [-0.05, 0) is 13.3 Å². The highest BCUT2D eigenvalue weighted by Gasteiger charge is 1.89. The van der Waals surface area contributed by atoms with E-state index in [1.807, 2.05) is 6.92 Å². The molecule has 0 atom stereocenters. The Morgan fingerprint density at radius 1 is 1.78 bits per heavy atom. The molecular weight excluding hydrogens is 120 g/mol. The average Bonchev–Trinajstić information content (AvgIpc) is 1.83. The van der Waals surface area contributed by atoms with E-state index in [0.717, 1.165) is 12.1 Å². The topological polar surface area (TPSA) is 64.7 Å². The number of oxime groups is 1. The molecule has 4 heteroatoms. The Balaban J connectivity index is 3.56. The molecule has 0 bridgehead atoms. The van der Waals surface area contributed by atoms with Gasteiger partial charge in [-0.2, -0.15) is 0 Å². The van der Waals surface area contributed by atoms with Crippen LogP contribution in [-0.4, -0.2) is 11.8 Å². The minimum absolute atomic E-state index is 0.744. The standard InChI is InChI=1S/C5H10N2O2/c1-3-4(2)7-9-5(6)8/h3H2,1-2H3,(H2,6,8)/b7-4+. The van der Waals surface area contributed by atoms with Gasteiger partial charge in [-0.3, -0.25) is 4.84 Å². The van der Waals surface area contributed by atoms with E-state index in [0.29, 0.717) is 0 Å². The quantitative estimate of drug-likeness (QED) is 0.342. The van der Waals surface area contributed by atoms with E-state index < -0.39 is 6.09 Å². The van der Waals surface area contributed by atoms with Gasteiger partial charge in [0.05, 0.1) is 5.71 Å². The fourth-order valence-corrected chi connectivity index (χ4v) is 0.187. The van der Waals surface area contributed by atoms with Crippen molar-refractivity contribution in [3.8, 4) is 0 Å². The van der Waals surface area contributed by atoms with Crippen molar-refractivity contribution in [3.63, 3.8) is 0 Å². The number of nitrogens with two attached hydrogens (primary N) is 1. The van der Waals surface area contributed by atoms with Crippen molar-refractivity contribution in [1.82, 2.24) is 0 Å². The van der Waals surface area contributed by atoms with Gasteiger partial charge in [0, 0.05) is 0 Å². The molecule has 0 aromatic rings. The predicted molar refractivity (Wildman–Crippen MR) is 34.1 cm³/mol. The van der Waals surface area contributed by atoms with E-state index in [2.05, 4.69) is 15.7 Å². The van der Waals surface area contributed by atoms with E-state index in [-0.39, 0.29) is 0 Å². The van der Waals surface area contributed by atoms with Gasteiger partial charge in [-0.15, -0.1) is 0 Å². The van der Waals surface area contributed by atoms with Crippen LogP contribution in [0.1, 0.15) is 20.3 Å². The minimum Gasteiger partial charge on any atom is -0.333 e. The smallest absolute Gasteiger partial charge is 0.333 e. The number of amides is 1. The summed E-state index contributed by atoms with van der Waals surface area (Å²) >= 11 is 0. The molecule has 0 heterocycles. The number of carbonyl (C=O) groups is 1. The molecule has 1 amide bonds. The number of primary amides is 1. The monoisotopic (exact) mass is 130 g/mol. The first kappa shape index (κ1) is 7.94. The van der Waals surface area contributed by atoms with Crippen molar-refractivity contribution < 1.29 is 9.63 Å². The first-order valence-corrected chi connectivity index (χ1v) is 2.66. The van der Waals surface area contributed by atoms with Gasteiger partial charge < -0.3 is 5.73 Å². The Morgan fingerprint density at radius 3 is 2.67 bits per heavy atom. The van der Waals surface area contributed by atoms with Crippen molar-refractivity contribution in [2.45, 2.75) is 20.3 Å². The summed E-state index contributed by atoms with van der Waals surface area (Å²) < 4.78 is 0. The first-order chi connectivity index (χ1) is 4.16. The summed E-state index contributed by atoms with van der Waals surface area (Å²) in [7, 11) is 0. The zero-order valence-electron chi connectivity index (χ0n) is 5.55. The summed E-state index contributed by atoms with van der Waals surface area (Å²) in [6, 6.07) is 0. The highest BCUT2D eigenvalue weighted by Crippen LogP contribution is 1.84. The molecule has 4 nitrogen and oxygen atoms in total. The van der Waals surface area contributed by atoms with Gasteiger partial charge in [0.15, 0.2) is 0 Å². The molecule has 0 radical (unpaired) electrons. The molecular formula is C5H10N2O2. The molecule has 52 valence electrons. The molecule has 0 saturated heterocycles.